The molecule has 1 saturated heterocycles. The Morgan fingerprint density at radius 2 is 1.68 bits per heavy atom. The summed E-state index contributed by atoms with van der Waals surface area (Å²) in [4.78, 5) is 13.0. The van der Waals surface area contributed by atoms with Crippen molar-refractivity contribution in [1.82, 2.24) is 25.1 Å². The molecule has 0 bridgehead atoms. The average molecular weight is 551 g/mol. The first-order chi connectivity index (χ1) is 19.6. The van der Waals surface area contributed by atoms with Gasteiger partial charge >= 0.3 is 0 Å². The van der Waals surface area contributed by atoms with Crippen LogP contribution in [0.3, 0.4) is 0 Å². The second-order valence-electron chi connectivity index (χ2n) is 9.88. The topological polar surface area (TPSA) is 96.2 Å². The molecule has 0 radical (unpaired) electrons. The molecule has 202 valence electrons. The zero-order valence-electron chi connectivity index (χ0n) is 21.8. The van der Waals surface area contributed by atoms with Crippen molar-refractivity contribution in [3.63, 3.8) is 0 Å². The molecule has 1 fully saturated rings. The molecule has 8 nitrogen and oxygen atoms in total. The number of likely N-dealkylation sites (tertiary alicyclic amines) is 1. The van der Waals surface area contributed by atoms with Gasteiger partial charge in [-0.3, -0.25) is 0 Å². The molecular weight excluding hydrogens is 522 g/mol. The summed E-state index contributed by atoms with van der Waals surface area (Å²) in [5.41, 5.74) is 4.28. The second-order valence-corrected chi connectivity index (χ2v) is 10.8. The Morgan fingerprint density at radius 1 is 0.925 bits per heavy atom. The fourth-order valence-corrected chi connectivity index (χ4v) is 6.02. The largest absolute Gasteiger partial charge is 0.530 e. The zero-order valence-corrected chi connectivity index (χ0v) is 22.6. The lowest BCUT2D eigenvalue weighted by Crippen LogP contribution is -2.51. The van der Waals surface area contributed by atoms with Crippen LogP contribution in [0, 0.1) is 0 Å². The monoisotopic (exact) mass is 550 g/mol. The first-order valence-electron chi connectivity index (χ1n) is 13.2. The summed E-state index contributed by atoms with van der Waals surface area (Å²) in [7, 11) is 0. The highest BCUT2D eigenvalue weighted by atomic mass is 32.2. The van der Waals surface area contributed by atoms with Crippen molar-refractivity contribution in [3.8, 4) is 5.69 Å². The third kappa shape index (κ3) is 5.85. The normalized spacial score (nSPS) is 17.2. The van der Waals surface area contributed by atoms with Gasteiger partial charge in [0, 0.05) is 24.8 Å². The highest BCUT2D eigenvalue weighted by Gasteiger charge is 2.31. The number of piperidine rings is 1. The number of carbonyl (C=O) groups is 1. The van der Waals surface area contributed by atoms with Crippen LogP contribution in [-0.2, 0) is 17.1 Å². The fourth-order valence-electron chi connectivity index (χ4n) is 5.17. The van der Waals surface area contributed by atoms with Gasteiger partial charge in [-0.15, -0.1) is 5.10 Å². The molecule has 2 unspecified atom stereocenters. The highest BCUT2D eigenvalue weighted by molar-refractivity contribution is 7.98. The molecule has 0 spiro atoms. The standard InChI is InChI=1S/C31H29N5O3S/c37-31(38)35-17-16-28(29(19-35)39-20-23-12-13-24-6-4-5-7-26(24)18-23)25-14-10-22(11-15-25)21-40-30-32-33-34-36(30)27-8-2-1-3-9-27/h1-15,18,28-29H,16-17,19-21H2,(H,37,38)/p-1. The Bertz CT molecular complexity index is 1590. The molecule has 0 aliphatic carbocycles. The lowest BCUT2D eigenvalue weighted by Gasteiger charge is -2.40. The summed E-state index contributed by atoms with van der Waals surface area (Å²) in [6.45, 7) is 1.14. The number of aromatic nitrogens is 4. The number of hydrogen-bond acceptors (Lipinski definition) is 7. The van der Waals surface area contributed by atoms with Gasteiger partial charge in [-0.1, -0.05) is 90.6 Å². The van der Waals surface area contributed by atoms with E-state index < -0.39 is 6.09 Å². The summed E-state index contributed by atoms with van der Waals surface area (Å²) >= 11 is 1.58. The number of carboxylic acid groups (broad SMARTS) is 1. The number of nitrogens with zero attached hydrogens (tertiary/aromatic N) is 5. The number of ether oxygens (including phenoxy) is 1. The van der Waals surface area contributed by atoms with E-state index in [4.69, 9.17) is 4.74 Å². The first kappa shape index (κ1) is 26.0. The van der Waals surface area contributed by atoms with Crippen LogP contribution in [0.25, 0.3) is 16.5 Å². The number of thioether (sulfide) groups is 1. The Morgan fingerprint density at radius 3 is 2.48 bits per heavy atom. The molecule has 40 heavy (non-hydrogen) atoms. The number of tetrazole rings is 1. The van der Waals surface area contributed by atoms with Crippen LogP contribution in [0.2, 0.25) is 0 Å². The van der Waals surface area contributed by atoms with Crippen LogP contribution in [0.5, 0.6) is 0 Å². The minimum Gasteiger partial charge on any atom is -0.530 e. The number of fused-ring (bicyclic) bond motifs is 1. The molecule has 5 aromatic rings. The van der Waals surface area contributed by atoms with Crippen LogP contribution >= 0.6 is 11.8 Å². The lowest BCUT2D eigenvalue weighted by atomic mass is 9.86. The van der Waals surface area contributed by atoms with Gasteiger partial charge in [-0.2, -0.15) is 4.68 Å². The third-order valence-corrected chi connectivity index (χ3v) is 8.30. The van der Waals surface area contributed by atoms with Gasteiger partial charge < -0.3 is 19.5 Å². The van der Waals surface area contributed by atoms with Crippen LogP contribution < -0.4 is 5.11 Å². The van der Waals surface area contributed by atoms with E-state index in [1.54, 1.807) is 16.4 Å². The molecule has 1 aromatic heterocycles. The Hall–Kier alpha value is -4.21. The number of hydrogen-bond donors (Lipinski definition) is 0. The minimum absolute atomic E-state index is 0.0862. The molecule has 6 rings (SSSR count). The van der Waals surface area contributed by atoms with Crippen molar-refractivity contribution in [2.24, 2.45) is 0 Å². The predicted molar refractivity (Wildman–Crippen MR) is 152 cm³/mol. The molecule has 2 atom stereocenters. The number of rotatable bonds is 8. The summed E-state index contributed by atoms with van der Waals surface area (Å²) in [5.74, 6) is 0.807. The molecule has 1 amide bonds. The van der Waals surface area contributed by atoms with E-state index in [2.05, 4.69) is 70.1 Å². The second kappa shape index (κ2) is 11.9. The van der Waals surface area contributed by atoms with Gasteiger partial charge in [0.25, 0.3) is 0 Å². The summed E-state index contributed by atoms with van der Waals surface area (Å²) in [5, 5.41) is 26.9. The molecule has 0 N–H and O–H groups in total. The predicted octanol–water partition coefficient (Wildman–Crippen LogP) is 4.83. The number of para-hydroxylation sites is 1. The molecule has 9 heteroatoms. The van der Waals surface area contributed by atoms with Crippen molar-refractivity contribution in [2.75, 3.05) is 13.1 Å². The van der Waals surface area contributed by atoms with Crippen molar-refractivity contribution >= 4 is 28.6 Å². The molecule has 4 aromatic carbocycles. The fraction of sp³-hybridized carbons (Fsp3) is 0.226. The van der Waals surface area contributed by atoms with E-state index in [9.17, 15) is 9.90 Å². The minimum atomic E-state index is -1.15. The number of carbonyl (C=O) groups excluding carboxylic acids is 1. The highest BCUT2D eigenvalue weighted by Crippen LogP contribution is 2.32. The van der Waals surface area contributed by atoms with Crippen LogP contribution in [0.1, 0.15) is 29.0 Å². The molecule has 1 aliphatic heterocycles. The van der Waals surface area contributed by atoms with Crippen LogP contribution in [0.15, 0.2) is 102 Å². The van der Waals surface area contributed by atoms with Crippen LogP contribution in [-0.4, -0.2) is 50.4 Å². The number of benzene rings is 4. The lowest BCUT2D eigenvalue weighted by molar-refractivity contribution is -0.268. The maximum atomic E-state index is 11.6. The SMILES string of the molecule is O=C([O-])N1CCC(c2ccc(CSc3nnnn3-c3ccccc3)cc2)C(OCc2ccc3ccccc3c2)C1. The van der Waals surface area contributed by atoms with E-state index in [0.717, 1.165) is 38.7 Å². The Balaban J connectivity index is 1.13. The van der Waals surface area contributed by atoms with Crippen molar-refractivity contribution in [3.05, 3.63) is 114 Å². The van der Waals surface area contributed by atoms with Gasteiger partial charge in [0.05, 0.1) is 18.4 Å². The summed E-state index contributed by atoms with van der Waals surface area (Å²) in [6, 6.07) is 32.8. The summed E-state index contributed by atoms with van der Waals surface area (Å²) < 4.78 is 8.12. The van der Waals surface area contributed by atoms with Crippen molar-refractivity contribution < 1.29 is 14.6 Å². The van der Waals surface area contributed by atoms with Gasteiger partial charge in [0.1, 0.15) is 6.09 Å². The van der Waals surface area contributed by atoms with Crippen molar-refractivity contribution in [2.45, 2.75) is 36.0 Å². The maximum Gasteiger partial charge on any atom is 0.214 e. The number of amides is 1. The van der Waals surface area contributed by atoms with Gasteiger partial charge in [0.15, 0.2) is 0 Å². The average Bonchev–Trinajstić information content (AvgIpc) is 3.48. The van der Waals surface area contributed by atoms with Crippen LogP contribution in [0.4, 0.5) is 4.79 Å². The maximum absolute atomic E-state index is 11.6. The Kier molecular flexibility index (Phi) is 7.74. The van der Waals surface area contributed by atoms with E-state index in [0.29, 0.717) is 26.1 Å². The van der Waals surface area contributed by atoms with E-state index in [1.807, 2.05) is 42.5 Å². The molecular formula is C31H28N5O3S-. The molecule has 1 aliphatic rings. The third-order valence-electron chi connectivity index (χ3n) is 7.31. The smallest absolute Gasteiger partial charge is 0.214 e. The summed E-state index contributed by atoms with van der Waals surface area (Å²) in [6.07, 6.45) is -0.743. The van der Waals surface area contributed by atoms with E-state index in [-0.39, 0.29) is 12.0 Å². The van der Waals surface area contributed by atoms with Gasteiger partial charge in [-0.25, -0.2) is 0 Å². The van der Waals surface area contributed by atoms with Gasteiger partial charge in [-0.05, 0) is 62.5 Å². The van der Waals surface area contributed by atoms with Gasteiger partial charge in [0.2, 0.25) is 5.16 Å². The van der Waals surface area contributed by atoms with Crippen molar-refractivity contribution in [1.29, 1.82) is 0 Å². The zero-order chi connectivity index (χ0) is 27.3. The van der Waals surface area contributed by atoms with E-state index >= 15 is 0 Å². The molecule has 2 heterocycles. The first-order valence-corrected chi connectivity index (χ1v) is 14.2. The van der Waals surface area contributed by atoms with E-state index in [1.165, 1.54) is 10.3 Å². The molecule has 0 saturated carbocycles. The Labute approximate surface area is 236 Å². The quantitative estimate of drug-likeness (QED) is 0.256.